The van der Waals surface area contributed by atoms with Gasteiger partial charge in [0.25, 0.3) is 0 Å². The highest BCUT2D eigenvalue weighted by Gasteiger charge is 2.66. The summed E-state index contributed by atoms with van der Waals surface area (Å²) in [6, 6.07) is 0. The first-order valence-corrected chi connectivity index (χ1v) is 8.13. The van der Waals surface area contributed by atoms with E-state index in [1.807, 2.05) is 5.57 Å². The Morgan fingerprint density at radius 3 is 2.65 bits per heavy atom. The molecule has 8 atom stereocenters. The van der Waals surface area contributed by atoms with Crippen LogP contribution in [0.3, 0.4) is 0 Å². The van der Waals surface area contributed by atoms with Gasteiger partial charge in [-0.2, -0.15) is 0 Å². The third-order valence-corrected chi connectivity index (χ3v) is 7.99. The van der Waals surface area contributed by atoms with Gasteiger partial charge in [0.1, 0.15) is 0 Å². The number of hydrogen-bond acceptors (Lipinski definition) is 0. The second kappa shape index (κ2) is 2.53. The lowest BCUT2D eigenvalue weighted by atomic mass is 9.63. The molecule has 0 heterocycles. The quantitative estimate of drug-likeness (QED) is 0.432. The number of fused-ring (bicyclic) bond motifs is 15. The molecule has 0 aromatic carbocycles. The fourth-order valence-corrected chi connectivity index (χ4v) is 7.97. The van der Waals surface area contributed by atoms with Crippen LogP contribution < -0.4 is 0 Å². The van der Waals surface area contributed by atoms with E-state index in [9.17, 15) is 0 Å². The molecule has 0 saturated heterocycles. The zero-order valence-corrected chi connectivity index (χ0v) is 10.6. The number of rotatable bonds is 0. The highest BCUT2D eigenvalue weighted by molar-refractivity contribution is 5.39. The normalized spacial score (nSPS) is 64.9. The van der Waals surface area contributed by atoms with Crippen molar-refractivity contribution in [3.63, 3.8) is 0 Å². The second-order valence-electron chi connectivity index (χ2n) is 8.08. The van der Waals surface area contributed by atoms with Gasteiger partial charge in [-0.1, -0.05) is 11.1 Å². The van der Waals surface area contributed by atoms with Gasteiger partial charge in [-0.15, -0.1) is 0 Å². The van der Waals surface area contributed by atoms with Crippen molar-refractivity contribution >= 4 is 0 Å². The SMILES string of the molecule is C1CC2CC1=C1C3CC(C12)C1C2CCC(C2)C31. The Morgan fingerprint density at radius 2 is 1.71 bits per heavy atom. The van der Waals surface area contributed by atoms with E-state index in [0.717, 1.165) is 17.8 Å². The van der Waals surface area contributed by atoms with E-state index in [1.165, 1.54) is 36.0 Å². The summed E-state index contributed by atoms with van der Waals surface area (Å²) in [5.74, 6) is 9.33. The fourth-order valence-electron chi connectivity index (χ4n) is 7.97. The van der Waals surface area contributed by atoms with Crippen LogP contribution >= 0.6 is 0 Å². The minimum Gasteiger partial charge on any atom is -0.0701 e. The van der Waals surface area contributed by atoms with Gasteiger partial charge < -0.3 is 0 Å². The molecule has 6 bridgehead atoms. The minimum absolute atomic E-state index is 1.12. The summed E-state index contributed by atoms with van der Waals surface area (Å²) in [5.41, 5.74) is 4.06. The first-order valence-electron chi connectivity index (χ1n) is 8.13. The number of hydrogen-bond donors (Lipinski definition) is 0. The average Bonchev–Trinajstić information content (AvgIpc) is 3.14. The maximum atomic E-state index is 2.08. The molecule has 0 heteroatoms. The van der Waals surface area contributed by atoms with Crippen molar-refractivity contribution in [1.29, 1.82) is 0 Å². The zero-order chi connectivity index (χ0) is 10.7. The molecule has 0 N–H and O–H groups in total. The van der Waals surface area contributed by atoms with Crippen molar-refractivity contribution in [2.45, 2.75) is 44.9 Å². The van der Waals surface area contributed by atoms with Crippen molar-refractivity contribution in [1.82, 2.24) is 0 Å². The Kier molecular flexibility index (Phi) is 1.31. The lowest BCUT2D eigenvalue weighted by Crippen LogP contribution is -2.35. The van der Waals surface area contributed by atoms with Gasteiger partial charge in [-0.05, 0) is 92.3 Å². The van der Waals surface area contributed by atoms with E-state index < -0.39 is 0 Å². The molecule has 8 unspecified atom stereocenters. The Morgan fingerprint density at radius 1 is 0.824 bits per heavy atom. The van der Waals surface area contributed by atoms with E-state index in [1.54, 1.807) is 38.5 Å². The van der Waals surface area contributed by atoms with Crippen molar-refractivity contribution < 1.29 is 0 Å². The van der Waals surface area contributed by atoms with Crippen molar-refractivity contribution in [2.75, 3.05) is 0 Å². The van der Waals surface area contributed by atoms with Crippen LogP contribution in [0.2, 0.25) is 0 Å². The highest BCUT2D eigenvalue weighted by atomic mass is 14.7. The maximum absolute atomic E-state index is 2.08. The highest BCUT2D eigenvalue weighted by Crippen LogP contribution is 2.74. The van der Waals surface area contributed by atoms with Crippen LogP contribution in [0.4, 0.5) is 0 Å². The first kappa shape index (κ1) is 8.77. The van der Waals surface area contributed by atoms with Crippen molar-refractivity contribution in [3.05, 3.63) is 11.1 Å². The molecule has 0 spiro atoms. The predicted molar refractivity (Wildman–Crippen MR) is 67.3 cm³/mol. The summed E-state index contributed by atoms with van der Waals surface area (Å²) >= 11 is 0. The predicted octanol–water partition coefficient (Wildman–Crippen LogP) is 4.02. The van der Waals surface area contributed by atoms with E-state index in [-0.39, 0.29) is 0 Å². The molecule has 5 saturated carbocycles. The fraction of sp³-hybridized carbons (Fsp3) is 0.882. The van der Waals surface area contributed by atoms with Crippen LogP contribution in [0, 0.1) is 47.3 Å². The molecule has 6 aliphatic rings. The standard InChI is InChI=1S/C17H22/c1-2-9-5-8(1)14-12-7-13(15(9)14)17-11-4-3-10(6-11)16(12)17/h8-10,12-16H,1-7H2. The summed E-state index contributed by atoms with van der Waals surface area (Å²) in [7, 11) is 0. The molecule has 6 aliphatic carbocycles. The summed E-state index contributed by atoms with van der Waals surface area (Å²) in [6.07, 6.45) is 11.1. The van der Waals surface area contributed by atoms with E-state index in [4.69, 9.17) is 0 Å². The molecule has 0 amide bonds. The molecule has 0 radical (unpaired) electrons. The van der Waals surface area contributed by atoms with Gasteiger partial charge in [0, 0.05) is 0 Å². The van der Waals surface area contributed by atoms with Gasteiger partial charge in [-0.25, -0.2) is 0 Å². The van der Waals surface area contributed by atoms with E-state index in [0.29, 0.717) is 0 Å². The Balaban J connectivity index is 1.53. The lowest BCUT2D eigenvalue weighted by Gasteiger charge is -2.41. The van der Waals surface area contributed by atoms with Gasteiger partial charge in [0.15, 0.2) is 0 Å². The second-order valence-corrected chi connectivity index (χ2v) is 8.08. The van der Waals surface area contributed by atoms with Crippen molar-refractivity contribution in [2.24, 2.45) is 47.3 Å². The molecular weight excluding hydrogens is 204 g/mol. The van der Waals surface area contributed by atoms with Crippen LogP contribution in [0.1, 0.15) is 44.9 Å². The monoisotopic (exact) mass is 226 g/mol. The largest absolute Gasteiger partial charge is 0.0701 e. The van der Waals surface area contributed by atoms with Crippen LogP contribution in [-0.4, -0.2) is 0 Å². The van der Waals surface area contributed by atoms with Gasteiger partial charge in [0.2, 0.25) is 0 Å². The molecule has 6 rings (SSSR count). The van der Waals surface area contributed by atoms with Gasteiger partial charge >= 0.3 is 0 Å². The minimum atomic E-state index is 1.12. The van der Waals surface area contributed by atoms with E-state index in [2.05, 4.69) is 5.57 Å². The van der Waals surface area contributed by atoms with Crippen LogP contribution in [0.25, 0.3) is 0 Å². The molecule has 0 aromatic rings. The van der Waals surface area contributed by atoms with Crippen LogP contribution in [0.15, 0.2) is 11.1 Å². The molecule has 90 valence electrons. The van der Waals surface area contributed by atoms with Crippen LogP contribution in [-0.2, 0) is 0 Å². The maximum Gasteiger partial charge on any atom is -0.0135 e. The topological polar surface area (TPSA) is 0 Å². The van der Waals surface area contributed by atoms with Gasteiger partial charge in [-0.3, -0.25) is 0 Å². The molecule has 0 aliphatic heterocycles. The van der Waals surface area contributed by atoms with Gasteiger partial charge in [0.05, 0.1) is 0 Å². The Hall–Kier alpha value is -0.260. The molecule has 0 nitrogen and oxygen atoms in total. The van der Waals surface area contributed by atoms with Crippen molar-refractivity contribution in [3.8, 4) is 0 Å². The molecule has 0 aromatic heterocycles. The summed E-state index contributed by atoms with van der Waals surface area (Å²) < 4.78 is 0. The Labute approximate surface area is 104 Å². The molecular formula is C17H22. The smallest absolute Gasteiger partial charge is 0.0135 e. The first-order chi connectivity index (χ1) is 8.42. The third kappa shape index (κ3) is 0.780. The average molecular weight is 226 g/mol. The lowest BCUT2D eigenvalue weighted by molar-refractivity contribution is 0.119. The summed E-state index contributed by atoms with van der Waals surface area (Å²) in [6.45, 7) is 0. The summed E-state index contributed by atoms with van der Waals surface area (Å²) in [5, 5.41) is 0. The molecule has 17 heavy (non-hydrogen) atoms. The van der Waals surface area contributed by atoms with Crippen LogP contribution in [0.5, 0.6) is 0 Å². The molecule has 5 fully saturated rings. The zero-order valence-electron chi connectivity index (χ0n) is 10.6. The number of allylic oxidation sites excluding steroid dienone is 2. The summed E-state index contributed by atoms with van der Waals surface area (Å²) in [4.78, 5) is 0. The van der Waals surface area contributed by atoms with E-state index >= 15 is 0 Å². The Bertz CT molecular complexity index is 445. The third-order valence-electron chi connectivity index (χ3n) is 7.99.